The molecule has 0 unspecified atom stereocenters. The van der Waals surface area contributed by atoms with Crippen molar-refractivity contribution in [3.63, 3.8) is 0 Å². The van der Waals surface area contributed by atoms with E-state index in [4.69, 9.17) is 5.84 Å². The number of amides is 1. The fourth-order valence-corrected chi connectivity index (χ4v) is 3.01. The zero-order valence-electron chi connectivity index (χ0n) is 11.9. The number of nitrogen functional groups attached to an aromatic ring is 1. The first-order valence-electron chi connectivity index (χ1n) is 6.26. The van der Waals surface area contributed by atoms with Crippen molar-refractivity contribution in [2.45, 2.75) is 20.0 Å². The summed E-state index contributed by atoms with van der Waals surface area (Å²) < 4.78 is 1.79. The molecule has 0 atom stereocenters. The molecule has 6 nitrogen and oxygen atoms in total. The van der Waals surface area contributed by atoms with Gasteiger partial charge in [-0.3, -0.25) is 19.8 Å². The molecule has 1 amide bonds. The number of aryl methyl sites for hydroxylation is 2. The fourth-order valence-electron chi connectivity index (χ4n) is 2.07. The number of nitrogens with two attached hydrogens (primary N) is 1. The van der Waals surface area contributed by atoms with Crippen LogP contribution in [0.25, 0.3) is 0 Å². The smallest absolute Gasteiger partial charge is 0.275 e. The van der Waals surface area contributed by atoms with Crippen molar-refractivity contribution in [3.8, 4) is 0 Å². The van der Waals surface area contributed by atoms with Gasteiger partial charge in [0.2, 0.25) is 0 Å². The van der Waals surface area contributed by atoms with E-state index in [1.807, 2.05) is 39.5 Å². The largest absolute Gasteiger partial charge is 0.298 e. The fraction of sp³-hybridized carbons (Fsp3) is 0.385. The summed E-state index contributed by atoms with van der Waals surface area (Å²) in [6.07, 6.45) is 3.87. The zero-order chi connectivity index (χ0) is 14.7. The number of hydrogen-bond donors (Lipinski definition) is 2. The molecule has 0 saturated carbocycles. The highest BCUT2D eigenvalue weighted by Crippen LogP contribution is 2.23. The summed E-state index contributed by atoms with van der Waals surface area (Å²) >= 11 is 1.46. The summed E-state index contributed by atoms with van der Waals surface area (Å²) in [5, 5.41) is 4.16. The summed E-state index contributed by atoms with van der Waals surface area (Å²) in [7, 11) is 3.96. The van der Waals surface area contributed by atoms with E-state index in [0.717, 1.165) is 23.5 Å². The van der Waals surface area contributed by atoms with Crippen molar-refractivity contribution in [3.05, 3.63) is 39.3 Å². The second-order valence-corrected chi connectivity index (χ2v) is 6.12. The number of carbonyl (C=O) groups excluding carboxylic acids is 1. The maximum Gasteiger partial charge on any atom is 0.275 e. The van der Waals surface area contributed by atoms with Crippen molar-refractivity contribution < 1.29 is 4.79 Å². The lowest BCUT2D eigenvalue weighted by Crippen LogP contribution is -2.29. The normalized spacial score (nSPS) is 11.1. The minimum absolute atomic E-state index is 0.237. The predicted octanol–water partition coefficient (Wildman–Crippen LogP) is 1.03. The van der Waals surface area contributed by atoms with Gasteiger partial charge < -0.3 is 0 Å². The Bertz CT molecular complexity index is 604. The summed E-state index contributed by atoms with van der Waals surface area (Å²) in [6.45, 7) is 3.63. The maximum atomic E-state index is 11.5. The lowest BCUT2D eigenvalue weighted by molar-refractivity contribution is 0.0957. The first-order chi connectivity index (χ1) is 9.49. The van der Waals surface area contributed by atoms with Gasteiger partial charge in [0.25, 0.3) is 5.91 Å². The van der Waals surface area contributed by atoms with E-state index in [0.29, 0.717) is 4.88 Å². The van der Waals surface area contributed by atoms with Gasteiger partial charge in [-0.25, -0.2) is 5.84 Å². The molecule has 0 saturated heterocycles. The lowest BCUT2D eigenvalue weighted by atomic mass is 10.2. The minimum Gasteiger partial charge on any atom is -0.298 e. The number of nitrogens with zero attached hydrogens (tertiary/aromatic N) is 3. The number of aromatic nitrogens is 2. The highest BCUT2D eigenvalue weighted by molar-refractivity contribution is 7.14. The van der Waals surface area contributed by atoms with Crippen LogP contribution in [0.5, 0.6) is 0 Å². The Hall–Kier alpha value is -1.70. The van der Waals surface area contributed by atoms with Gasteiger partial charge in [-0.2, -0.15) is 5.10 Å². The average Bonchev–Trinajstić information content (AvgIpc) is 2.96. The van der Waals surface area contributed by atoms with Crippen LogP contribution in [-0.4, -0.2) is 27.6 Å². The molecule has 0 aromatic carbocycles. The Kier molecular flexibility index (Phi) is 4.53. The zero-order valence-corrected chi connectivity index (χ0v) is 12.7. The monoisotopic (exact) mass is 293 g/mol. The SMILES string of the molecule is Cc1sc(C(=O)NN)cc1CN(C)Cc1cnn(C)c1. The van der Waals surface area contributed by atoms with Gasteiger partial charge in [-0.15, -0.1) is 11.3 Å². The van der Waals surface area contributed by atoms with Crippen LogP contribution >= 0.6 is 11.3 Å². The Labute approximate surface area is 122 Å². The van der Waals surface area contributed by atoms with Crippen molar-refractivity contribution in [2.24, 2.45) is 12.9 Å². The molecule has 3 N–H and O–H groups in total. The van der Waals surface area contributed by atoms with Gasteiger partial charge in [-0.1, -0.05) is 0 Å². The van der Waals surface area contributed by atoms with Crippen LogP contribution in [0.3, 0.4) is 0 Å². The van der Waals surface area contributed by atoms with Gasteiger partial charge in [-0.05, 0) is 25.6 Å². The molecule has 2 heterocycles. The summed E-state index contributed by atoms with van der Waals surface area (Å²) in [5.41, 5.74) is 4.49. The van der Waals surface area contributed by atoms with E-state index in [-0.39, 0.29) is 5.91 Å². The second-order valence-electron chi connectivity index (χ2n) is 4.86. The van der Waals surface area contributed by atoms with Gasteiger partial charge in [0, 0.05) is 36.8 Å². The number of rotatable bonds is 5. The van der Waals surface area contributed by atoms with Gasteiger partial charge in [0.15, 0.2) is 0 Å². The third-order valence-electron chi connectivity index (χ3n) is 3.03. The Morgan fingerprint density at radius 2 is 2.30 bits per heavy atom. The molecule has 2 rings (SSSR count). The number of hydrogen-bond acceptors (Lipinski definition) is 5. The molecular formula is C13H19N5OS. The van der Waals surface area contributed by atoms with Crippen LogP contribution in [0.1, 0.15) is 25.7 Å². The first kappa shape index (κ1) is 14.7. The van der Waals surface area contributed by atoms with Crippen molar-refractivity contribution in [2.75, 3.05) is 7.05 Å². The van der Waals surface area contributed by atoms with Crippen LogP contribution in [0.15, 0.2) is 18.5 Å². The molecule has 0 radical (unpaired) electrons. The van der Waals surface area contributed by atoms with Crippen LogP contribution in [-0.2, 0) is 20.1 Å². The van der Waals surface area contributed by atoms with E-state index < -0.39 is 0 Å². The van der Waals surface area contributed by atoms with Gasteiger partial charge >= 0.3 is 0 Å². The standard InChI is InChI=1S/C13H19N5OS/c1-9-11(4-12(20-9)13(19)16-14)8-17(2)6-10-5-15-18(3)7-10/h4-5,7H,6,8,14H2,1-3H3,(H,16,19). The molecule has 0 fully saturated rings. The Morgan fingerprint density at radius 3 is 2.90 bits per heavy atom. The summed E-state index contributed by atoms with van der Waals surface area (Å²) in [6, 6.07) is 1.90. The lowest BCUT2D eigenvalue weighted by Gasteiger charge is -2.15. The Balaban J connectivity index is 2.02. The number of carbonyl (C=O) groups is 1. The van der Waals surface area contributed by atoms with E-state index in [2.05, 4.69) is 15.4 Å². The summed E-state index contributed by atoms with van der Waals surface area (Å²) in [4.78, 5) is 15.5. The Morgan fingerprint density at radius 1 is 1.55 bits per heavy atom. The molecule has 0 aliphatic carbocycles. The van der Waals surface area contributed by atoms with Gasteiger partial charge in [0.05, 0.1) is 11.1 Å². The molecule has 2 aromatic heterocycles. The minimum atomic E-state index is -0.237. The molecule has 0 aliphatic heterocycles. The van der Waals surface area contributed by atoms with Crippen LogP contribution in [0.2, 0.25) is 0 Å². The second kappa shape index (κ2) is 6.17. The van der Waals surface area contributed by atoms with Crippen molar-refractivity contribution in [1.82, 2.24) is 20.1 Å². The number of nitrogens with one attached hydrogen (secondary N) is 1. The molecule has 108 valence electrons. The van der Waals surface area contributed by atoms with Crippen molar-refractivity contribution in [1.29, 1.82) is 0 Å². The van der Waals surface area contributed by atoms with Crippen LogP contribution < -0.4 is 11.3 Å². The van der Waals surface area contributed by atoms with Crippen LogP contribution in [0.4, 0.5) is 0 Å². The summed E-state index contributed by atoms with van der Waals surface area (Å²) in [5.74, 6) is 4.92. The quantitative estimate of drug-likeness (QED) is 0.490. The number of thiophene rings is 1. The molecule has 7 heteroatoms. The molecule has 20 heavy (non-hydrogen) atoms. The maximum absolute atomic E-state index is 11.5. The van der Waals surface area contributed by atoms with E-state index in [1.54, 1.807) is 4.68 Å². The van der Waals surface area contributed by atoms with Gasteiger partial charge in [0.1, 0.15) is 0 Å². The predicted molar refractivity (Wildman–Crippen MR) is 79.1 cm³/mol. The van der Waals surface area contributed by atoms with E-state index in [1.165, 1.54) is 16.9 Å². The van der Waals surface area contributed by atoms with E-state index >= 15 is 0 Å². The van der Waals surface area contributed by atoms with Crippen molar-refractivity contribution >= 4 is 17.2 Å². The topological polar surface area (TPSA) is 76.2 Å². The third-order valence-corrected chi connectivity index (χ3v) is 4.12. The third kappa shape index (κ3) is 3.44. The average molecular weight is 293 g/mol. The highest BCUT2D eigenvalue weighted by atomic mass is 32.1. The molecule has 0 aliphatic rings. The molecule has 0 spiro atoms. The molecular weight excluding hydrogens is 274 g/mol. The molecule has 0 bridgehead atoms. The number of hydrazine groups is 1. The highest BCUT2D eigenvalue weighted by Gasteiger charge is 2.13. The van der Waals surface area contributed by atoms with Crippen LogP contribution in [0, 0.1) is 6.92 Å². The molecule has 2 aromatic rings. The first-order valence-corrected chi connectivity index (χ1v) is 7.07. The van der Waals surface area contributed by atoms with E-state index in [9.17, 15) is 4.79 Å².